The van der Waals surface area contributed by atoms with Crippen LogP contribution in [0.1, 0.15) is 35.9 Å². The molecule has 6 heteroatoms. The summed E-state index contributed by atoms with van der Waals surface area (Å²) in [6.45, 7) is 6.40. The maximum Gasteiger partial charge on any atom is 0.315 e. The van der Waals surface area contributed by atoms with Crippen molar-refractivity contribution in [1.29, 1.82) is 0 Å². The summed E-state index contributed by atoms with van der Waals surface area (Å²) >= 11 is 0. The zero-order chi connectivity index (χ0) is 20.8. The maximum absolute atomic E-state index is 12.3. The van der Waals surface area contributed by atoms with E-state index in [2.05, 4.69) is 15.7 Å². The highest BCUT2D eigenvalue weighted by molar-refractivity contribution is 5.74. The molecule has 1 unspecified atom stereocenters. The first kappa shape index (κ1) is 20.5. The molecule has 2 aromatic carbocycles. The van der Waals surface area contributed by atoms with Crippen molar-refractivity contribution < 1.29 is 9.90 Å². The number of aromatic hydroxyl groups is 1. The fourth-order valence-corrected chi connectivity index (χ4v) is 3.31. The molecule has 0 spiro atoms. The number of amides is 2. The van der Waals surface area contributed by atoms with E-state index < -0.39 is 0 Å². The van der Waals surface area contributed by atoms with Crippen molar-refractivity contribution in [3.63, 3.8) is 0 Å². The summed E-state index contributed by atoms with van der Waals surface area (Å²) in [6, 6.07) is 17.0. The largest absolute Gasteiger partial charge is 0.508 e. The van der Waals surface area contributed by atoms with Crippen LogP contribution in [0.2, 0.25) is 0 Å². The molecule has 1 atom stereocenters. The number of rotatable bonds is 7. The van der Waals surface area contributed by atoms with Gasteiger partial charge < -0.3 is 15.7 Å². The van der Waals surface area contributed by atoms with Gasteiger partial charge in [0.05, 0.1) is 11.4 Å². The maximum atomic E-state index is 12.3. The predicted octanol–water partition coefficient (Wildman–Crippen LogP) is 4.02. The Labute approximate surface area is 171 Å². The number of urea groups is 1. The normalized spacial score (nSPS) is 11.8. The number of hydrogen-bond acceptors (Lipinski definition) is 3. The number of aromatic nitrogens is 2. The first-order valence-corrected chi connectivity index (χ1v) is 9.87. The van der Waals surface area contributed by atoms with Gasteiger partial charge in [0.1, 0.15) is 5.75 Å². The van der Waals surface area contributed by atoms with Crippen molar-refractivity contribution >= 4 is 6.03 Å². The third-order valence-electron chi connectivity index (χ3n) is 5.05. The van der Waals surface area contributed by atoms with Gasteiger partial charge in [-0.25, -0.2) is 9.48 Å². The van der Waals surface area contributed by atoms with Crippen LogP contribution in [0.25, 0.3) is 5.69 Å². The van der Waals surface area contributed by atoms with Crippen LogP contribution < -0.4 is 10.6 Å². The molecule has 0 aliphatic rings. The molecule has 3 N–H and O–H groups in total. The number of nitrogens with one attached hydrogen (secondary N) is 2. The van der Waals surface area contributed by atoms with Gasteiger partial charge in [0, 0.05) is 23.8 Å². The molecule has 3 aromatic rings. The van der Waals surface area contributed by atoms with Gasteiger partial charge in [0.2, 0.25) is 0 Å². The second kappa shape index (κ2) is 9.28. The third kappa shape index (κ3) is 5.38. The number of phenols is 1. The van der Waals surface area contributed by atoms with Gasteiger partial charge >= 0.3 is 6.03 Å². The lowest BCUT2D eigenvalue weighted by atomic mass is 10.1. The van der Waals surface area contributed by atoms with E-state index in [1.54, 1.807) is 12.1 Å². The minimum atomic E-state index is -0.186. The van der Waals surface area contributed by atoms with Gasteiger partial charge in [0.15, 0.2) is 0 Å². The summed E-state index contributed by atoms with van der Waals surface area (Å²) < 4.78 is 1.91. The monoisotopic (exact) mass is 392 g/mol. The summed E-state index contributed by atoms with van der Waals surface area (Å²) in [6.07, 6.45) is 1.66. The average molecular weight is 393 g/mol. The highest BCUT2D eigenvalue weighted by atomic mass is 16.3. The van der Waals surface area contributed by atoms with Crippen LogP contribution >= 0.6 is 0 Å². The van der Waals surface area contributed by atoms with Crippen molar-refractivity contribution in [1.82, 2.24) is 20.4 Å². The fraction of sp³-hybridized carbons (Fsp3) is 0.304. The molecule has 6 nitrogen and oxygen atoms in total. The van der Waals surface area contributed by atoms with Crippen LogP contribution in [0.4, 0.5) is 4.79 Å². The second-order valence-corrected chi connectivity index (χ2v) is 7.33. The van der Waals surface area contributed by atoms with Crippen molar-refractivity contribution in [2.75, 3.05) is 0 Å². The zero-order valence-corrected chi connectivity index (χ0v) is 17.1. The molecular formula is C23H28N4O2. The summed E-state index contributed by atoms with van der Waals surface area (Å²) in [5.74, 6) is 0.264. The number of benzene rings is 2. The Morgan fingerprint density at radius 2 is 1.79 bits per heavy atom. The average Bonchev–Trinajstić information content (AvgIpc) is 3.00. The van der Waals surface area contributed by atoms with Crippen molar-refractivity contribution in [2.45, 2.75) is 46.2 Å². The van der Waals surface area contributed by atoms with Crippen LogP contribution in [0.15, 0.2) is 54.6 Å². The molecule has 0 aliphatic carbocycles. The molecule has 1 aromatic heterocycles. The molecule has 2 amide bonds. The molecule has 29 heavy (non-hydrogen) atoms. The standard InChI is InChI=1S/C23H28N4O2/c1-16(9-10-19-11-13-21(28)14-12-19)25-23(29)24-15-22-17(2)26-27(18(22)3)20-7-5-4-6-8-20/h4-8,11-14,16,28H,9-10,15H2,1-3H3,(H2,24,25,29). The molecule has 0 radical (unpaired) electrons. The number of carbonyl (C=O) groups is 1. The minimum Gasteiger partial charge on any atom is -0.508 e. The summed E-state index contributed by atoms with van der Waals surface area (Å²) in [7, 11) is 0. The van der Waals surface area contributed by atoms with Gasteiger partial charge in [-0.05, 0) is 63.4 Å². The lowest BCUT2D eigenvalue weighted by Crippen LogP contribution is -2.40. The third-order valence-corrected chi connectivity index (χ3v) is 5.05. The molecule has 0 saturated carbocycles. The van der Waals surface area contributed by atoms with Crippen LogP contribution in [0.3, 0.4) is 0 Å². The molecule has 0 saturated heterocycles. The van der Waals surface area contributed by atoms with E-state index in [0.29, 0.717) is 6.54 Å². The molecule has 0 aliphatic heterocycles. The molecule has 0 fully saturated rings. The minimum absolute atomic E-state index is 0.0399. The SMILES string of the molecule is Cc1nn(-c2ccccc2)c(C)c1CNC(=O)NC(C)CCc1ccc(O)cc1. The Morgan fingerprint density at radius 3 is 2.48 bits per heavy atom. The lowest BCUT2D eigenvalue weighted by molar-refractivity contribution is 0.237. The van der Waals surface area contributed by atoms with E-state index in [-0.39, 0.29) is 17.8 Å². The Morgan fingerprint density at radius 1 is 1.10 bits per heavy atom. The van der Waals surface area contributed by atoms with Crippen LogP contribution in [-0.4, -0.2) is 27.0 Å². The summed E-state index contributed by atoms with van der Waals surface area (Å²) in [4.78, 5) is 12.3. The quantitative estimate of drug-likeness (QED) is 0.568. The lowest BCUT2D eigenvalue weighted by Gasteiger charge is -2.15. The Bertz CT molecular complexity index is 949. The van der Waals surface area contributed by atoms with Crippen molar-refractivity contribution in [2.24, 2.45) is 0 Å². The van der Waals surface area contributed by atoms with Crippen molar-refractivity contribution in [3.05, 3.63) is 77.1 Å². The van der Waals surface area contributed by atoms with Gasteiger partial charge in [-0.3, -0.25) is 0 Å². The highest BCUT2D eigenvalue weighted by Crippen LogP contribution is 2.17. The Balaban J connectivity index is 1.51. The first-order chi connectivity index (χ1) is 13.9. The van der Waals surface area contributed by atoms with Crippen molar-refractivity contribution in [3.8, 4) is 11.4 Å². The van der Waals surface area contributed by atoms with Crippen LogP contribution in [0, 0.1) is 13.8 Å². The van der Waals surface area contributed by atoms with E-state index in [1.165, 1.54) is 0 Å². The van der Waals surface area contributed by atoms with Gasteiger partial charge in [-0.15, -0.1) is 0 Å². The van der Waals surface area contributed by atoms with Gasteiger partial charge in [-0.2, -0.15) is 5.10 Å². The number of para-hydroxylation sites is 1. The van der Waals surface area contributed by atoms with E-state index in [1.807, 2.05) is 67.9 Å². The number of aryl methyl sites for hydroxylation is 2. The smallest absolute Gasteiger partial charge is 0.315 e. The van der Waals surface area contributed by atoms with E-state index in [4.69, 9.17) is 0 Å². The summed E-state index contributed by atoms with van der Waals surface area (Å²) in [5, 5.41) is 19.9. The van der Waals surface area contributed by atoms with E-state index in [9.17, 15) is 9.90 Å². The second-order valence-electron chi connectivity index (χ2n) is 7.33. The topological polar surface area (TPSA) is 79.2 Å². The first-order valence-electron chi connectivity index (χ1n) is 9.87. The molecule has 1 heterocycles. The Hall–Kier alpha value is -3.28. The van der Waals surface area contributed by atoms with Gasteiger partial charge in [0.25, 0.3) is 0 Å². The van der Waals surface area contributed by atoms with Crippen LogP contribution in [0.5, 0.6) is 5.75 Å². The molecule has 0 bridgehead atoms. The Kier molecular flexibility index (Phi) is 6.54. The molecule has 3 rings (SSSR count). The fourth-order valence-electron chi connectivity index (χ4n) is 3.31. The van der Waals surface area contributed by atoms with E-state index >= 15 is 0 Å². The van der Waals surface area contributed by atoms with Crippen LogP contribution in [-0.2, 0) is 13.0 Å². The highest BCUT2D eigenvalue weighted by Gasteiger charge is 2.14. The number of phenolic OH excluding ortho intramolecular Hbond substituents is 1. The van der Waals surface area contributed by atoms with Gasteiger partial charge in [-0.1, -0.05) is 30.3 Å². The number of carbonyl (C=O) groups excluding carboxylic acids is 1. The zero-order valence-electron chi connectivity index (χ0n) is 17.1. The number of hydrogen-bond donors (Lipinski definition) is 3. The molecular weight excluding hydrogens is 364 g/mol. The number of nitrogens with zero attached hydrogens (tertiary/aromatic N) is 2. The summed E-state index contributed by atoms with van der Waals surface area (Å²) in [5.41, 5.74) is 5.10. The molecule has 152 valence electrons. The van der Waals surface area contributed by atoms with E-state index in [0.717, 1.165) is 41.0 Å². The predicted molar refractivity (Wildman–Crippen MR) is 114 cm³/mol.